The van der Waals surface area contributed by atoms with Gasteiger partial charge in [0.15, 0.2) is 0 Å². The van der Waals surface area contributed by atoms with Crippen LogP contribution < -0.4 is 4.74 Å². The van der Waals surface area contributed by atoms with E-state index in [9.17, 15) is 4.79 Å². The van der Waals surface area contributed by atoms with Gasteiger partial charge in [0.25, 0.3) is 0 Å². The summed E-state index contributed by atoms with van der Waals surface area (Å²) in [6.07, 6.45) is 0. The van der Waals surface area contributed by atoms with Crippen LogP contribution in [0.4, 0.5) is 0 Å². The van der Waals surface area contributed by atoms with Gasteiger partial charge in [0.1, 0.15) is 5.75 Å². The first-order chi connectivity index (χ1) is 8.11. The van der Waals surface area contributed by atoms with Crippen LogP contribution in [-0.4, -0.2) is 23.2 Å². The average molecular weight is 270 g/mol. The first-order valence-corrected chi connectivity index (χ1v) is 5.90. The minimum absolute atomic E-state index is 0.0435. The fourth-order valence-corrected chi connectivity index (χ4v) is 2.20. The van der Waals surface area contributed by atoms with E-state index >= 15 is 0 Å². The van der Waals surface area contributed by atoms with E-state index in [-0.39, 0.29) is 5.01 Å². The summed E-state index contributed by atoms with van der Waals surface area (Å²) in [5.41, 5.74) is 1.23. The maximum atomic E-state index is 10.8. The molecule has 0 spiro atoms. The second-order valence-electron chi connectivity index (χ2n) is 3.19. The number of thiazole rings is 1. The van der Waals surface area contributed by atoms with E-state index < -0.39 is 5.97 Å². The quantitative estimate of drug-likeness (QED) is 0.930. The van der Waals surface area contributed by atoms with Gasteiger partial charge in [0.05, 0.1) is 12.8 Å². The number of methoxy groups -OCH3 is 1. The third-order valence-corrected chi connectivity index (χ3v) is 3.19. The number of carboxylic acids is 1. The van der Waals surface area contributed by atoms with Crippen molar-refractivity contribution in [3.63, 3.8) is 0 Å². The zero-order chi connectivity index (χ0) is 12.4. The molecule has 0 atom stereocenters. The molecule has 88 valence electrons. The van der Waals surface area contributed by atoms with Crippen molar-refractivity contribution < 1.29 is 14.6 Å². The van der Waals surface area contributed by atoms with Crippen LogP contribution in [0.5, 0.6) is 5.75 Å². The highest BCUT2D eigenvalue weighted by Crippen LogP contribution is 2.32. The maximum absolute atomic E-state index is 10.8. The van der Waals surface area contributed by atoms with Crippen LogP contribution in [0, 0.1) is 0 Å². The molecule has 2 rings (SSSR count). The molecule has 1 aromatic carbocycles. The Morgan fingerprint density at radius 3 is 2.88 bits per heavy atom. The number of aromatic carboxylic acids is 1. The maximum Gasteiger partial charge on any atom is 0.365 e. The Bertz CT molecular complexity index is 568. The summed E-state index contributed by atoms with van der Waals surface area (Å²) in [6.45, 7) is 0. The highest BCUT2D eigenvalue weighted by molar-refractivity contribution is 7.11. The molecule has 1 N–H and O–H groups in total. The van der Waals surface area contributed by atoms with Crippen molar-refractivity contribution in [2.24, 2.45) is 0 Å². The summed E-state index contributed by atoms with van der Waals surface area (Å²) in [7, 11) is 1.54. The minimum Gasteiger partial charge on any atom is -0.496 e. The van der Waals surface area contributed by atoms with Gasteiger partial charge >= 0.3 is 5.97 Å². The predicted molar refractivity (Wildman–Crippen MR) is 66.1 cm³/mol. The van der Waals surface area contributed by atoms with Gasteiger partial charge in [0, 0.05) is 16.0 Å². The molecule has 0 unspecified atom stereocenters. The van der Waals surface area contributed by atoms with Gasteiger partial charge in [-0.15, -0.1) is 11.3 Å². The molecule has 1 aromatic heterocycles. The Kier molecular flexibility index (Phi) is 3.31. The van der Waals surface area contributed by atoms with Crippen LogP contribution in [0.15, 0.2) is 23.6 Å². The SMILES string of the molecule is COc1ccc(Cl)cc1-c1csc(C(=O)O)n1. The monoisotopic (exact) mass is 269 g/mol. The Balaban J connectivity index is 2.51. The number of benzene rings is 1. The Morgan fingerprint density at radius 2 is 2.29 bits per heavy atom. The second-order valence-corrected chi connectivity index (χ2v) is 4.48. The third kappa shape index (κ3) is 2.40. The van der Waals surface area contributed by atoms with Gasteiger partial charge in [-0.05, 0) is 18.2 Å². The number of carboxylic acid groups (broad SMARTS) is 1. The molecule has 0 saturated heterocycles. The van der Waals surface area contributed by atoms with Gasteiger partial charge in [-0.25, -0.2) is 9.78 Å². The molecule has 2 aromatic rings. The van der Waals surface area contributed by atoms with Crippen molar-refractivity contribution in [2.75, 3.05) is 7.11 Å². The molecule has 0 amide bonds. The summed E-state index contributed by atoms with van der Waals surface area (Å²) in [5, 5.41) is 11.1. The van der Waals surface area contributed by atoms with E-state index in [1.54, 1.807) is 23.6 Å². The number of carbonyl (C=O) groups is 1. The summed E-state index contributed by atoms with van der Waals surface area (Å²) in [4.78, 5) is 14.8. The van der Waals surface area contributed by atoms with Crippen molar-refractivity contribution >= 4 is 28.9 Å². The average Bonchev–Trinajstić information content (AvgIpc) is 2.78. The van der Waals surface area contributed by atoms with Gasteiger partial charge in [-0.1, -0.05) is 11.6 Å². The van der Waals surface area contributed by atoms with Crippen LogP contribution >= 0.6 is 22.9 Å². The van der Waals surface area contributed by atoms with Crippen LogP contribution in [0.25, 0.3) is 11.3 Å². The van der Waals surface area contributed by atoms with Crippen LogP contribution in [0.3, 0.4) is 0 Å². The van der Waals surface area contributed by atoms with Crippen molar-refractivity contribution in [2.45, 2.75) is 0 Å². The number of halogens is 1. The normalized spacial score (nSPS) is 10.2. The molecule has 0 bridgehead atoms. The van der Waals surface area contributed by atoms with Crippen LogP contribution in [0.1, 0.15) is 9.80 Å². The fraction of sp³-hybridized carbons (Fsp3) is 0.0909. The number of rotatable bonds is 3. The van der Waals surface area contributed by atoms with E-state index in [2.05, 4.69) is 4.98 Å². The summed E-state index contributed by atoms with van der Waals surface area (Å²) in [5.74, 6) is -0.432. The molecule has 1 heterocycles. The number of hydrogen-bond acceptors (Lipinski definition) is 4. The molecular weight excluding hydrogens is 262 g/mol. The molecule has 0 fully saturated rings. The summed E-state index contributed by atoms with van der Waals surface area (Å²) < 4.78 is 5.18. The van der Waals surface area contributed by atoms with Gasteiger partial charge < -0.3 is 9.84 Å². The van der Waals surface area contributed by atoms with Gasteiger partial charge in [0.2, 0.25) is 5.01 Å². The topological polar surface area (TPSA) is 59.4 Å². The molecule has 6 heteroatoms. The predicted octanol–water partition coefficient (Wildman–Crippen LogP) is 3.17. The van der Waals surface area contributed by atoms with Crippen molar-refractivity contribution in [3.8, 4) is 17.0 Å². The van der Waals surface area contributed by atoms with Crippen molar-refractivity contribution in [1.82, 2.24) is 4.98 Å². The zero-order valence-corrected chi connectivity index (χ0v) is 10.4. The largest absolute Gasteiger partial charge is 0.496 e. The van der Waals surface area contributed by atoms with E-state index in [0.717, 1.165) is 11.3 Å². The second kappa shape index (κ2) is 4.73. The molecule has 17 heavy (non-hydrogen) atoms. The molecule has 0 aliphatic carbocycles. The smallest absolute Gasteiger partial charge is 0.365 e. The molecular formula is C11H8ClNO3S. The number of ether oxygens (including phenoxy) is 1. The number of hydrogen-bond donors (Lipinski definition) is 1. The highest BCUT2D eigenvalue weighted by atomic mass is 35.5. The summed E-state index contributed by atoms with van der Waals surface area (Å²) >= 11 is 6.97. The lowest BCUT2D eigenvalue weighted by atomic mass is 10.1. The van der Waals surface area contributed by atoms with Crippen molar-refractivity contribution in [3.05, 3.63) is 33.6 Å². The van der Waals surface area contributed by atoms with Crippen LogP contribution in [-0.2, 0) is 0 Å². The third-order valence-electron chi connectivity index (χ3n) is 2.12. The minimum atomic E-state index is -1.04. The van der Waals surface area contributed by atoms with E-state index in [4.69, 9.17) is 21.4 Å². The number of nitrogens with zero attached hydrogens (tertiary/aromatic N) is 1. The van der Waals surface area contributed by atoms with Crippen molar-refractivity contribution in [1.29, 1.82) is 0 Å². The van der Waals surface area contributed by atoms with Gasteiger partial charge in [-0.3, -0.25) is 0 Å². The number of aromatic nitrogens is 1. The lowest BCUT2D eigenvalue weighted by Crippen LogP contribution is -1.95. The Labute approximate surface area is 106 Å². The lowest BCUT2D eigenvalue weighted by molar-refractivity contribution is 0.0696. The first kappa shape index (κ1) is 11.9. The standard InChI is InChI=1S/C11H8ClNO3S/c1-16-9-3-2-6(12)4-7(9)8-5-17-10(13-8)11(14)15/h2-5H,1H3,(H,14,15). The molecule has 0 saturated carbocycles. The van der Waals surface area contributed by atoms with Gasteiger partial charge in [-0.2, -0.15) is 0 Å². The van der Waals surface area contributed by atoms with E-state index in [0.29, 0.717) is 22.0 Å². The Hall–Kier alpha value is -1.59. The lowest BCUT2D eigenvalue weighted by Gasteiger charge is -2.06. The summed E-state index contributed by atoms with van der Waals surface area (Å²) in [6, 6.07) is 5.12. The molecule has 0 aliphatic rings. The zero-order valence-electron chi connectivity index (χ0n) is 8.81. The highest BCUT2D eigenvalue weighted by Gasteiger charge is 2.13. The molecule has 4 nitrogen and oxygen atoms in total. The van der Waals surface area contributed by atoms with E-state index in [1.807, 2.05) is 0 Å². The fourth-order valence-electron chi connectivity index (χ4n) is 1.38. The molecule has 0 radical (unpaired) electrons. The molecule has 0 aliphatic heterocycles. The Morgan fingerprint density at radius 1 is 1.53 bits per heavy atom. The van der Waals surface area contributed by atoms with E-state index in [1.165, 1.54) is 7.11 Å². The first-order valence-electron chi connectivity index (χ1n) is 4.64. The van der Waals surface area contributed by atoms with Crippen LogP contribution in [0.2, 0.25) is 5.02 Å².